The molecule has 0 aromatic heterocycles. The molecule has 1 fully saturated rings. The van der Waals surface area contributed by atoms with Crippen molar-refractivity contribution in [3.8, 4) is 0 Å². The highest BCUT2D eigenvalue weighted by atomic mass is 16.6. The van der Waals surface area contributed by atoms with Gasteiger partial charge in [0, 0.05) is 43.0 Å². The molecular weight excluding hydrogens is 290 g/mol. The van der Waals surface area contributed by atoms with E-state index in [2.05, 4.69) is 10.2 Å². The predicted molar refractivity (Wildman–Crippen MR) is 80.0 cm³/mol. The van der Waals surface area contributed by atoms with E-state index in [1.54, 1.807) is 13.0 Å². The Labute approximate surface area is 128 Å². The van der Waals surface area contributed by atoms with E-state index >= 15 is 0 Å². The number of anilines is 1. The molecule has 1 aromatic carbocycles. The van der Waals surface area contributed by atoms with Crippen molar-refractivity contribution in [3.05, 3.63) is 33.9 Å². The minimum Gasteiger partial charge on any atom is -0.450 e. The van der Waals surface area contributed by atoms with Crippen LogP contribution in [-0.2, 0) is 16.0 Å². The van der Waals surface area contributed by atoms with Crippen molar-refractivity contribution in [3.63, 3.8) is 0 Å². The number of morpholine rings is 1. The molecule has 0 aliphatic carbocycles. The molecule has 8 heteroatoms. The van der Waals surface area contributed by atoms with E-state index < -0.39 is 11.0 Å². The van der Waals surface area contributed by atoms with Crippen LogP contribution in [0.4, 0.5) is 16.2 Å². The highest BCUT2D eigenvalue weighted by molar-refractivity contribution is 5.68. The highest BCUT2D eigenvalue weighted by Crippen LogP contribution is 2.26. The Morgan fingerprint density at radius 2 is 2.18 bits per heavy atom. The molecule has 0 spiro atoms. The molecule has 1 heterocycles. The van der Waals surface area contributed by atoms with Crippen LogP contribution in [-0.4, -0.2) is 43.9 Å². The lowest BCUT2D eigenvalue weighted by molar-refractivity contribution is -0.384. The van der Waals surface area contributed by atoms with Gasteiger partial charge >= 0.3 is 6.09 Å². The van der Waals surface area contributed by atoms with Crippen molar-refractivity contribution >= 4 is 17.5 Å². The molecule has 8 nitrogen and oxygen atoms in total. The smallest absolute Gasteiger partial charge is 0.407 e. The SMILES string of the molecule is CCOC(=O)NCc1cc([N+](=O)[O-])ccc1N1CCOCC1. The summed E-state index contributed by atoms with van der Waals surface area (Å²) >= 11 is 0. The van der Waals surface area contributed by atoms with Gasteiger partial charge in [0.2, 0.25) is 0 Å². The average molecular weight is 309 g/mol. The van der Waals surface area contributed by atoms with E-state index in [1.807, 2.05) is 0 Å². The van der Waals surface area contributed by atoms with E-state index in [0.29, 0.717) is 31.9 Å². The van der Waals surface area contributed by atoms with Crippen LogP contribution in [0.15, 0.2) is 18.2 Å². The first-order valence-corrected chi connectivity index (χ1v) is 7.12. The zero-order valence-corrected chi connectivity index (χ0v) is 12.4. The van der Waals surface area contributed by atoms with Crippen molar-refractivity contribution in [1.82, 2.24) is 5.32 Å². The summed E-state index contributed by atoms with van der Waals surface area (Å²) in [4.78, 5) is 24.0. The monoisotopic (exact) mass is 309 g/mol. The molecule has 120 valence electrons. The fourth-order valence-corrected chi connectivity index (χ4v) is 2.29. The topological polar surface area (TPSA) is 93.9 Å². The maximum atomic E-state index is 11.4. The largest absolute Gasteiger partial charge is 0.450 e. The summed E-state index contributed by atoms with van der Waals surface area (Å²) in [5.74, 6) is 0. The number of nitrogens with one attached hydrogen (secondary N) is 1. The number of nitro benzene ring substituents is 1. The molecule has 0 bridgehead atoms. The van der Waals surface area contributed by atoms with Crippen LogP contribution in [0.5, 0.6) is 0 Å². The quantitative estimate of drug-likeness (QED) is 0.657. The standard InChI is InChI=1S/C14H19N3O5/c1-2-22-14(18)15-10-11-9-12(17(19)20)3-4-13(11)16-5-7-21-8-6-16/h3-4,9H,2,5-8,10H2,1H3,(H,15,18). The molecule has 1 amide bonds. The third kappa shape index (κ3) is 4.08. The van der Waals surface area contributed by atoms with Crippen molar-refractivity contribution in [2.45, 2.75) is 13.5 Å². The van der Waals surface area contributed by atoms with Gasteiger partial charge in [-0.15, -0.1) is 0 Å². The maximum absolute atomic E-state index is 11.4. The molecule has 1 aromatic rings. The number of hydrogen-bond donors (Lipinski definition) is 1. The first kappa shape index (κ1) is 16.0. The summed E-state index contributed by atoms with van der Waals surface area (Å²) < 4.78 is 10.1. The number of non-ortho nitro benzene ring substituents is 1. The third-order valence-electron chi connectivity index (χ3n) is 3.32. The van der Waals surface area contributed by atoms with Gasteiger partial charge in [-0.3, -0.25) is 10.1 Å². The van der Waals surface area contributed by atoms with Crippen LogP contribution in [0.1, 0.15) is 12.5 Å². The number of nitro groups is 1. The van der Waals surface area contributed by atoms with Gasteiger partial charge in [0.05, 0.1) is 24.7 Å². The molecule has 0 atom stereocenters. The minimum absolute atomic E-state index is 0.00216. The molecule has 0 radical (unpaired) electrons. The number of ether oxygens (including phenoxy) is 2. The zero-order valence-electron chi connectivity index (χ0n) is 12.4. The fourth-order valence-electron chi connectivity index (χ4n) is 2.29. The first-order chi connectivity index (χ1) is 10.6. The van der Waals surface area contributed by atoms with Crippen LogP contribution in [0, 0.1) is 10.1 Å². The maximum Gasteiger partial charge on any atom is 0.407 e. The summed E-state index contributed by atoms with van der Waals surface area (Å²) in [7, 11) is 0. The van der Waals surface area contributed by atoms with Gasteiger partial charge in [-0.25, -0.2) is 4.79 Å². The number of benzene rings is 1. The zero-order chi connectivity index (χ0) is 15.9. The van der Waals surface area contributed by atoms with Crippen LogP contribution >= 0.6 is 0 Å². The number of carbonyl (C=O) groups is 1. The number of carbonyl (C=O) groups excluding carboxylic acids is 1. The van der Waals surface area contributed by atoms with Gasteiger partial charge in [-0.2, -0.15) is 0 Å². The number of rotatable bonds is 5. The predicted octanol–water partition coefficient (Wildman–Crippen LogP) is 1.68. The van der Waals surface area contributed by atoms with Crippen LogP contribution in [0.3, 0.4) is 0 Å². The summed E-state index contributed by atoms with van der Waals surface area (Å²) in [6.45, 7) is 4.81. The Balaban J connectivity index is 2.19. The Bertz CT molecular complexity index is 543. The minimum atomic E-state index is -0.540. The molecule has 1 N–H and O–H groups in total. The Hall–Kier alpha value is -2.35. The normalized spacial score (nSPS) is 14.5. The number of amides is 1. The summed E-state index contributed by atoms with van der Waals surface area (Å²) in [6, 6.07) is 4.67. The summed E-state index contributed by atoms with van der Waals surface area (Å²) in [5.41, 5.74) is 1.55. The second-order valence-electron chi connectivity index (χ2n) is 4.74. The van der Waals surface area contributed by atoms with Crippen molar-refractivity contribution < 1.29 is 19.2 Å². The van der Waals surface area contributed by atoms with Gasteiger partial charge in [-0.1, -0.05) is 0 Å². The lowest BCUT2D eigenvalue weighted by Gasteiger charge is -2.30. The summed E-state index contributed by atoms with van der Waals surface area (Å²) in [6.07, 6.45) is -0.540. The molecule has 1 saturated heterocycles. The second kappa shape index (κ2) is 7.60. The van der Waals surface area contributed by atoms with Crippen molar-refractivity contribution in [1.29, 1.82) is 0 Å². The van der Waals surface area contributed by atoms with Crippen molar-refractivity contribution in [2.75, 3.05) is 37.8 Å². The lowest BCUT2D eigenvalue weighted by atomic mass is 10.1. The van der Waals surface area contributed by atoms with Gasteiger partial charge in [-0.05, 0) is 13.0 Å². The van der Waals surface area contributed by atoms with Gasteiger partial charge in [0.25, 0.3) is 5.69 Å². The van der Waals surface area contributed by atoms with E-state index in [4.69, 9.17) is 9.47 Å². The second-order valence-corrected chi connectivity index (χ2v) is 4.74. The first-order valence-electron chi connectivity index (χ1n) is 7.12. The Morgan fingerprint density at radius 1 is 1.45 bits per heavy atom. The third-order valence-corrected chi connectivity index (χ3v) is 3.32. The molecular formula is C14H19N3O5. The van der Waals surface area contributed by atoms with Gasteiger partial charge in [0.1, 0.15) is 0 Å². The summed E-state index contributed by atoms with van der Waals surface area (Å²) in [5, 5.41) is 13.5. The Kier molecular flexibility index (Phi) is 5.54. The van der Waals surface area contributed by atoms with E-state index in [1.165, 1.54) is 12.1 Å². The van der Waals surface area contributed by atoms with E-state index in [9.17, 15) is 14.9 Å². The van der Waals surface area contributed by atoms with Gasteiger partial charge < -0.3 is 19.7 Å². The van der Waals surface area contributed by atoms with Crippen LogP contribution < -0.4 is 10.2 Å². The lowest BCUT2D eigenvalue weighted by Crippen LogP contribution is -2.37. The van der Waals surface area contributed by atoms with Crippen molar-refractivity contribution in [2.24, 2.45) is 0 Å². The van der Waals surface area contributed by atoms with Gasteiger partial charge in [0.15, 0.2) is 0 Å². The number of alkyl carbamates (subject to hydrolysis) is 1. The van der Waals surface area contributed by atoms with E-state index in [0.717, 1.165) is 5.69 Å². The number of hydrogen-bond acceptors (Lipinski definition) is 6. The van der Waals surface area contributed by atoms with Crippen LogP contribution in [0.2, 0.25) is 0 Å². The molecule has 1 aliphatic heterocycles. The molecule has 22 heavy (non-hydrogen) atoms. The molecule has 0 saturated carbocycles. The Morgan fingerprint density at radius 3 is 2.82 bits per heavy atom. The molecule has 0 unspecified atom stereocenters. The van der Waals surface area contributed by atoms with Crippen LogP contribution in [0.25, 0.3) is 0 Å². The fraction of sp³-hybridized carbons (Fsp3) is 0.500. The molecule has 1 aliphatic rings. The van der Waals surface area contributed by atoms with E-state index in [-0.39, 0.29) is 18.8 Å². The number of nitrogens with zero attached hydrogens (tertiary/aromatic N) is 2. The highest BCUT2D eigenvalue weighted by Gasteiger charge is 2.18. The average Bonchev–Trinajstić information content (AvgIpc) is 2.53. The molecule has 2 rings (SSSR count).